The first-order valence-corrected chi connectivity index (χ1v) is 11.2. The average Bonchev–Trinajstić information content (AvgIpc) is 3.44. The van der Waals surface area contributed by atoms with Gasteiger partial charge in [-0.2, -0.15) is 8.75 Å². The molecule has 2 aromatic heterocycles. The number of amides is 1. The molecule has 2 heterocycles. The minimum atomic E-state index is 0.0408. The highest BCUT2D eigenvalue weighted by molar-refractivity contribution is 7.00. The number of rotatable bonds is 10. The molecule has 160 valence electrons. The van der Waals surface area contributed by atoms with Crippen LogP contribution in [0.5, 0.6) is 0 Å². The third-order valence-electron chi connectivity index (χ3n) is 5.17. The van der Waals surface area contributed by atoms with Gasteiger partial charge in [0.25, 0.3) is 0 Å². The van der Waals surface area contributed by atoms with E-state index >= 15 is 0 Å². The van der Waals surface area contributed by atoms with Gasteiger partial charge in [0.2, 0.25) is 17.7 Å². The Labute approximate surface area is 185 Å². The van der Waals surface area contributed by atoms with Crippen LogP contribution in [0, 0.1) is 0 Å². The number of aryl methyl sites for hydroxylation is 3. The van der Waals surface area contributed by atoms with E-state index in [1.54, 1.807) is 11.9 Å². The fourth-order valence-electron chi connectivity index (χ4n) is 3.43. The number of unbranched alkanes of at least 4 members (excludes halogenated alkanes) is 1. The van der Waals surface area contributed by atoms with Crippen LogP contribution in [0.25, 0.3) is 11.0 Å². The molecule has 0 aliphatic carbocycles. The van der Waals surface area contributed by atoms with E-state index in [1.165, 1.54) is 17.3 Å². The SMILES string of the molecule is CN(Cc1ccc2nsnc2c1)C(=O)CCc1nnc(CCCCc2ccccc2)o1. The second-order valence-corrected chi connectivity index (χ2v) is 8.15. The maximum Gasteiger partial charge on any atom is 0.223 e. The average molecular weight is 436 g/mol. The molecule has 8 heteroatoms. The van der Waals surface area contributed by atoms with Gasteiger partial charge in [0, 0.05) is 32.9 Å². The van der Waals surface area contributed by atoms with Crippen molar-refractivity contribution >= 4 is 28.7 Å². The van der Waals surface area contributed by atoms with Crippen molar-refractivity contribution in [2.75, 3.05) is 7.05 Å². The molecule has 0 N–H and O–H groups in total. The van der Waals surface area contributed by atoms with Crippen LogP contribution in [0.15, 0.2) is 52.9 Å². The molecule has 0 aliphatic heterocycles. The number of hydrogen-bond acceptors (Lipinski definition) is 7. The van der Waals surface area contributed by atoms with Crippen molar-refractivity contribution in [3.8, 4) is 0 Å². The molecule has 0 spiro atoms. The summed E-state index contributed by atoms with van der Waals surface area (Å²) in [5.74, 6) is 1.21. The van der Waals surface area contributed by atoms with Crippen molar-refractivity contribution in [3.63, 3.8) is 0 Å². The van der Waals surface area contributed by atoms with Gasteiger partial charge in [-0.15, -0.1) is 10.2 Å². The fourth-order valence-corrected chi connectivity index (χ4v) is 3.95. The van der Waals surface area contributed by atoms with Gasteiger partial charge in [0.15, 0.2) is 0 Å². The number of carbonyl (C=O) groups is 1. The van der Waals surface area contributed by atoms with E-state index in [2.05, 4.69) is 43.2 Å². The normalized spacial score (nSPS) is 11.1. The van der Waals surface area contributed by atoms with Gasteiger partial charge in [-0.1, -0.05) is 36.4 Å². The summed E-state index contributed by atoms with van der Waals surface area (Å²) in [6.45, 7) is 0.531. The highest BCUT2D eigenvalue weighted by Gasteiger charge is 2.13. The predicted molar refractivity (Wildman–Crippen MR) is 120 cm³/mol. The first-order valence-electron chi connectivity index (χ1n) is 10.5. The van der Waals surface area contributed by atoms with Crippen LogP contribution >= 0.6 is 11.7 Å². The first-order chi connectivity index (χ1) is 15.2. The van der Waals surface area contributed by atoms with Gasteiger partial charge in [-0.25, -0.2) is 0 Å². The predicted octanol–water partition coefficient (Wildman–Crippen LogP) is 4.23. The molecule has 0 bridgehead atoms. The Balaban J connectivity index is 1.19. The summed E-state index contributed by atoms with van der Waals surface area (Å²) >= 11 is 1.20. The van der Waals surface area contributed by atoms with Gasteiger partial charge in [-0.3, -0.25) is 4.79 Å². The largest absolute Gasteiger partial charge is 0.425 e. The van der Waals surface area contributed by atoms with E-state index in [4.69, 9.17) is 4.42 Å². The summed E-state index contributed by atoms with van der Waals surface area (Å²) in [4.78, 5) is 14.2. The van der Waals surface area contributed by atoms with E-state index in [9.17, 15) is 4.79 Å². The Kier molecular flexibility index (Phi) is 6.99. The Hall–Kier alpha value is -3.13. The summed E-state index contributed by atoms with van der Waals surface area (Å²) in [5, 5.41) is 8.22. The molecule has 0 atom stereocenters. The quantitative estimate of drug-likeness (QED) is 0.347. The molecule has 31 heavy (non-hydrogen) atoms. The van der Waals surface area contributed by atoms with Gasteiger partial charge in [-0.05, 0) is 42.5 Å². The van der Waals surface area contributed by atoms with E-state index < -0.39 is 0 Å². The number of fused-ring (bicyclic) bond motifs is 1. The molecule has 0 fully saturated rings. The lowest BCUT2D eigenvalue weighted by molar-refractivity contribution is -0.130. The van der Waals surface area contributed by atoms with Crippen LogP contribution in [0.4, 0.5) is 0 Å². The van der Waals surface area contributed by atoms with Crippen molar-refractivity contribution in [1.82, 2.24) is 23.8 Å². The summed E-state index contributed by atoms with van der Waals surface area (Å²) in [6.07, 6.45) is 4.68. The van der Waals surface area contributed by atoms with Crippen molar-refractivity contribution in [3.05, 3.63) is 71.4 Å². The molecule has 4 aromatic rings. The number of benzene rings is 2. The third kappa shape index (κ3) is 5.95. The standard InChI is InChI=1S/C23H25N5O2S/c1-28(16-18-11-12-19-20(15-18)27-31-26-19)23(29)14-13-22-25-24-21(30-22)10-6-5-9-17-7-3-2-4-8-17/h2-4,7-8,11-12,15H,5-6,9-10,13-14,16H2,1H3. The molecule has 0 saturated carbocycles. The molecule has 0 radical (unpaired) electrons. The van der Waals surface area contributed by atoms with Crippen LogP contribution in [0.1, 0.15) is 42.2 Å². The fraction of sp³-hybridized carbons (Fsp3) is 0.348. The number of aromatic nitrogens is 4. The molecule has 0 aliphatic rings. The molecule has 0 unspecified atom stereocenters. The van der Waals surface area contributed by atoms with E-state index in [1.807, 2.05) is 24.3 Å². The van der Waals surface area contributed by atoms with Gasteiger partial charge in [0.05, 0.1) is 11.7 Å². The molecule has 7 nitrogen and oxygen atoms in total. The summed E-state index contributed by atoms with van der Waals surface area (Å²) in [6, 6.07) is 16.4. The van der Waals surface area contributed by atoms with Gasteiger partial charge < -0.3 is 9.32 Å². The zero-order chi connectivity index (χ0) is 21.5. The monoisotopic (exact) mass is 435 g/mol. The first kappa shape index (κ1) is 21.1. The molecule has 2 aromatic carbocycles. The number of carbonyl (C=O) groups excluding carboxylic acids is 1. The number of nitrogens with zero attached hydrogens (tertiary/aromatic N) is 5. The van der Waals surface area contributed by atoms with E-state index in [0.29, 0.717) is 31.2 Å². The Morgan fingerprint density at radius 1 is 0.903 bits per heavy atom. The lowest BCUT2D eigenvalue weighted by atomic mass is 10.1. The highest BCUT2D eigenvalue weighted by Crippen LogP contribution is 2.15. The molecule has 1 amide bonds. The van der Waals surface area contributed by atoms with Crippen molar-refractivity contribution in [2.45, 2.75) is 45.1 Å². The van der Waals surface area contributed by atoms with Crippen LogP contribution in [0.2, 0.25) is 0 Å². The zero-order valence-electron chi connectivity index (χ0n) is 17.5. The minimum absolute atomic E-state index is 0.0408. The summed E-state index contributed by atoms with van der Waals surface area (Å²) in [5.41, 5.74) is 4.13. The summed E-state index contributed by atoms with van der Waals surface area (Å²) in [7, 11) is 1.80. The molecule has 4 rings (SSSR count). The Morgan fingerprint density at radius 2 is 1.65 bits per heavy atom. The molecular weight excluding hydrogens is 410 g/mol. The topological polar surface area (TPSA) is 85.0 Å². The van der Waals surface area contributed by atoms with Crippen LogP contribution in [0.3, 0.4) is 0 Å². The Bertz CT molecular complexity index is 1130. The lowest BCUT2D eigenvalue weighted by Crippen LogP contribution is -2.26. The van der Waals surface area contributed by atoms with Crippen molar-refractivity contribution in [2.24, 2.45) is 0 Å². The maximum atomic E-state index is 12.5. The number of hydrogen-bond donors (Lipinski definition) is 0. The third-order valence-corrected chi connectivity index (χ3v) is 5.73. The zero-order valence-corrected chi connectivity index (χ0v) is 18.3. The smallest absolute Gasteiger partial charge is 0.223 e. The second kappa shape index (κ2) is 10.3. The van der Waals surface area contributed by atoms with Crippen LogP contribution in [-0.2, 0) is 30.6 Å². The molecule has 0 saturated heterocycles. The van der Waals surface area contributed by atoms with E-state index in [-0.39, 0.29) is 5.91 Å². The highest BCUT2D eigenvalue weighted by atomic mass is 32.1. The summed E-state index contributed by atoms with van der Waals surface area (Å²) < 4.78 is 14.2. The van der Waals surface area contributed by atoms with Crippen LogP contribution < -0.4 is 0 Å². The molecular formula is C23H25N5O2S. The van der Waals surface area contributed by atoms with Gasteiger partial charge in [0.1, 0.15) is 11.0 Å². The lowest BCUT2D eigenvalue weighted by Gasteiger charge is -2.16. The van der Waals surface area contributed by atoms with Gasteiger partial charge >= 0.3 is 0 Å². The van der Waals surface area contributed by atoms with E-state index in [0.717, 1.165) is 42.3 Å². The Morgan fingerprint density at radius 3 is 2.48 bits per heavy atom. The van der Waals surface area contributed by atoms with Crippen LogP contribution in [-0.4, -0.2) is 36.8 Å². The minimum Gasteiger partial charge on any atom is -0.425 e. The van der Waals surface area contributed by atoms with Crippen molar-refractivity contribution < 1.29 is 9.21 Å². The maximum absolute atomic E-state index is 12.5. The second-order valence-electron chi connectivity index (χ2n) is 7.62. The van der Waals surface area contributed by atoms with Crippen molar-refractivity contribution in [1.29, 1.82) is 0 Å².